The van der Waals surface area contributed by atoms with Gasteiger partial charge in [0.2, 0.25) is 0 Å². The molecule has 0 radical (unpaired) electrons. The minimum absolute atomic E-state index is 0.0601. The fourth-order valence-corrected chi connectivity index (χ4v) is 10.8. The molecule has 2 unspecified atom stereocenters. The van der Waals surface area contributed by atoms with Gasteiger partial charge in [0.15, 0.2) is 16.5 Å². The number of benzene rings is 2. The molecule has 6 aliphatic rings. The molecule has 4 saturated heterocycles. The number of anilines is 1. The molecule has 10 nitrogen and oxygen atoms in total. The summed E-state index contributed by atoms with van der Waals surface area (Å²) >= 11 is 0. The maximum atomic E-state index is 17.5. The van der Waals surface area contributed by atoms with Crippen LogP contribution in [0.25, 0.3) is 22.3 Å². The maximum absolute atomic E-state index is 17.5. The zero-order valence-electron chi connectivity index (χ0n) is 26.6. The third kappa shape index (κ3) is 4.80. The van der Waals surface area contributed by atoms with E-state index in [1.807, 2.05) is 4.90 Å². The standard InChI is InChI=1S/C35H35F3N6O4S/c1-2-25-27(37)9-4-19-12-24(45)13-26(28(19)25)31-29(38)30-32(49(46,47)44(31)23-7-8-23)33(42-16-21-5-6-22(17-42)39-21)41-34(40-30)48-18-35-10-3-11-43(35)15-20(36)14-35/h1,4,9,12-13,20-23,39,45H,3,5-8,10-11,14-18H2/t20-,21?,22?,35+/m1/s1. The largest absolute Gasteiger partial charge is 0.508 e. The van der Waals surface area contributed by atoms with Crippen LogP contribution in [0.3, 0.4) is 0 Å². The van der Waals surface area contributed by atoms with Gasteiger partial charge in [-0.3, -0.25) is 9.21 Å². The number of ether oxygens (including phenoxy) is 1. The minimum atomic E-state index is -4.52. The number of terminal acetylenes is 1. The second-order valence-corrected chi connectivity index (χ2v) is 16.0. The van der Waals surface area contributed by atoms with Gasteiger partial charge >= 0.3 is 6.01 Å². The van der Waals surface area contributed by atoms with Crippen LogP contribution in [-0.2, 0) is 10.0 Å². The molecule has 256 valence electrons. The van der Waals surface area contributed by atoms with Gasteiger partial charge in [-0.1, -0.05) is 12.0 Å². The third-order valence-corrected chi connectivity index (χ3v) is 12.9. The molecule has 0 spiro atoms. The van der Waals surface area contributed by atoms with E-state index in [0.717, 1.165) is 42.6 Å². The molecule has 1 aliphatic carbocycles. The summed E-state index contributed by atoms with van der Waals surface area (Å²) in [6, 6.07) is 4.57. The Hall–Kier alpha value is -4.06. The van der Waals surface area contributed by atoms with Crippen molar-refractivity contribution >= 4 is 38.1 Å². The summed E-state index contributed by atoms with van der Waals surface area (Å²) in [6.45, 7) is 2.05. The molecule has 5 fully saturated rings. The molecule has 5 aliphatic heterocycles. The van der Waals surface area contributed by atoms with E-state index in [2.05, 4.69) is 26.1 Å². The van der Waals surface area contributed by atoms with E-state index in [9.17, 15) is 17.9 Å². The average molecular weight is 693 g/mol. The smallest absolute Gasteiger partial charge is 0.319 e. The number of phenols is 1. The molecule has 49 heavy (non-hydrogen) atoms. The number of sulfonamides is 1. The zero-order valence-corrected chi connectivity index (χ0v) is 27.4. The maximum Gasteiger partial charge on any atom is 0.319 e. The Labute approximate surface area is 282 Å². The second kappa shape index (κ2) is 11.0. The summed E-state index contributed by atoms with van der Waals surface area (Å²) in [6.07, 6.45) is 9.45. The predicted octanol–water partition coefficient (Wildman–Crippen LogP) is 4.31. The summed E-state index contributed by atoms with van der Waals surface area (Å²) in [5.74, 6) is 0.400. The number of halogens is 3. The van der Waals surface area contributed by atoms with E-state index in [4.69, 9.17) is 11.2 Å². The molecule has 1 saturated carbocycles. The van der Waals surface area contributed by atoms with Gasteiger partial charge in [-0.2, -0.15) is 9.97 Å². The van der Waals surface area contributed by atoms with Crippen LogP contribution in [0.2, 0.25) is 0 Å². The van der Waals surface area contributed by atoms with Crippen LogP contribution in [0.1, 0.15) is 61.8 Å². The number of alkyl halides is 1. The second-order valence-electron chi connectivity index (χ2n) is 14.3. The molecule has 2 N–H and O–H groups in total. The monoisotopic (exact) mass is 692 g/mol. The van der Waals surface area contributed by atoms with Gasteiger partial charge in [-0.25, -0.2) is 21.6 Å². The normalized spacial score (nSPS) is 29.0. The van der Waals surface area contributed by atoms with Crippen molar-refractivity contribution < 1.29 is 31.4 Å². The highest BCUT2D eigenvalue weighted by Gasteiger charge is 2.52. The fraction of sp³-hybridized carbons (Fsp3) is 0.486. The molecule has 3 aromatic rings. The van der Waals surface area contributed by atoms with Crippen molar-refractivity contribution in [2.24, 2.45) is 0 Å². The van der Waals surface area contributed by atoms with Gasteiger partial charge in [0.05, 0.1) is 16.8 Å². The first-order valence-corrected chi connectivity index (χ1v) is 18.3. The highest BCUT2D eigenvalue weighted by molar-refractivity contribution is 7.89. The number of nitrogens with zero attached hydrogens (tertiary/aromatic N) is 5. The molecule has 2 bridgehead atoms. The molecular formula is C35H35F3N6O4S. The molecule has 6 heterocycles. The van der Waals surface area contributed by atoms with Crippen LogP contribution in [0, 0.1) is 18.2 Å². The van der Waals surface area contributed by atoms with Crippen LogP contribution < -0.4 is 15.0 Å². The van der Waals surface area contributed by atoms with Gasteiger partial charge in [0.25, 0.3) is 10.0 Å². The van der Waals surface area contributed by atoms with Crippen LogP contribution in [0.5, 0.6) is 11.8 Å². The molecule has 4 atom stereocenters. The number of hydrogen-bond donors (Lipinski definition) is 2. The van der Waals surface area contributed by atoms with Gasteiger partial charge in [0, 0.05) is 55.1 Å². The Balaban J connectivity index is 1.26. The Morgan fingerprint density at radius 1 is 1.10 bits per heavy atom. The molecule has 0 amide bonds. The van der Waals surface area contributed by atoms with Crippen molar-refractivity contribution in [1.29, 1.82) is 0 Å². The predicted molar refractivity (Wildman–Crippen MR) is 176 cm³/mol. The highest BCUT2D eigenvalue weighted by atomic mass is 32.2. The first-order valence-electron chi connectivity index (χ1n) is 16.9. The lowest BCUT2D eigenvalue weighted by molar-refractivity contribution is 0.107. The fourth-order valence-electron chi connectivity index (χ4n) is 8.81. The van der Waals surface area contributed by atoms with Crippen molar-refractivity contribution in [3.8, 4) is 24.1 Å². The average Bonchev–Trinajstić information content (AvgIpc) is 3.64. The first-order chi connectivity index (χ1) is 23.6. The van der Waals surface area contributed by atoms with Gasteiger partial charge in [-0.15, -0.1) is 6.42 Å². The summed E-state index contributed by atoms with van der Waals surface area (Å²) in [4.78, 5) is 12.7. The molecule has 9 rings (SSSR count). The Kier molecular flexibility index (Phi) is 6.93. The Morgan fingerprint density at radius 2 is 1.88 bits per heavy atom. The van der Waals surface area contributed by atoms with Gasteiger partial charge < -0.3 is 20.1 Å². The lowest BCUT2D eigenvalue weighted by Crippen LogP contribution is -2.52. The zero-order chi connectivity index (χ0) is 33.8. The number of piperazine rings is 1. The van der Waals surface area contributed by atoms with Crippen molar-refractivity contribution in [2.45, 2.75) is 79.7 Å². The molecule has 2 aromatic carbocycles. The number of phenolic OH excluding ortho intramolecular Hbond substituents is 1. The van der Waals surface area contributed by atoms with Crippen LogP contribution in [0.4, 0.5) is 19.0 Å². The summed E-state index contributed by atoms with van der Waals surface area (Å²) in [5.41, 5.74) is -1.63. The molecular weight excluding hydrogens is 657 g/mol. The number of aromatic hydroxyl groups is 1. The van der Waals surface area contributed by atoms with Crippen molar-refractivity contribution in [3.63, 3.8) is 0 Å². The Morgan fingerprint density at radius 3 is 2.61 bits per heavy atom. The van der Waals surface area contributed by atoms with E-state index in [1.54, 1.807) is 0 Å². The lowest BCUT2D eigenvalue weighted by atomic mass is 9.95. The SMILES string of the molecule is C#Cc1c(F)ccc2cc(O)cc(C3=C(F)c4nc(OC[C@@]56CCCN5C[C@H](F)C6)nc(N5CC6CCC(C5)N6)c4S(=O)(=O)N3C3CC3)c12. The number of hydrogen-bond acceptors (Lipinski definition) is 9. The topological polar surface area (TPSA) is 111 Å². The third-order valence-electron chi connectivity index (χ3n) is 11.1. The van der Waals surface area contributed by atoms with Gasteiger partial charge in [0.1, 0.15) is 30.0 Å². The quantitative estimate of drug-likeness (QED) is 0.366. The summed E-state index contributed by atoms with van der Waals surface area (Å²) < 4.78 is 84.3. The molecule has 1 aromatic heterocycles. The number of rotatable bonds is 6. The van der Waals surface area contributed by atoms with Crippen LogP contribution >= 0.6 is 0 Å². The van der Waals surface area contributed by atoms with E-state index in [0.29, 0.717) is 44.3 Å². The van der Waals surface area contributed by atoms with Gasteiger partial charge in [-0.05, 0) is 68.7 Å². The van der Waals surface area contributed by atoms with Crippen molar-refractivity contribution in [1.82, 2.24) is 24.5 Å². The number of fused-ring (bicyclic) bond motifs is 5. The van der Waals surface area contributed by atoms with Crippen molar-refractivity contribution in [3.05, 3.63) is 46.9 Å². The van der Waals surface area contributed by atoms with E-state index >= 15 is 8.78 Å². The van der Waals surface area contributed by atoms with E-state index in [1.165, 1.54) is 18.2 Å². The minimum Gasteiger partial charge on any atom is -0.508 e. The van der Waals surface area contributed by atoms with Crippen LogP contribution in [0.15, 0.2) is 29.2 Å². The number of aromatic nitrogens is 2. The lowest BCUT2D eigenvalue weighted by Gasteiger charge is -2.38. The number of nitrogens with one attached hydrogen (secondary N) is 1. The van der Waals surface area contributed by atoms with Crippen molar-refractivity contribution in [2.75, 3.05) is 37.7 Å². The van der Waals surface area contributed by atoms with Crippen LogP contribution in [-0.4, -0.2) is 95.3 Å². The van der Waals surface area contributed by atoms with E-state index < -0.39 is 45.1 Å². The highest BCUT2D eigenvalue weighted by Crippen LogP contribution is 2.52. The first kappa shape index (κ1) is 31.0. The molecule has 14 heteroatoms. The summed E-state index contributed by atoms with van der Waals surface area (Å²) in [5, 5.41) is 14.7. The van der Waals surface area contributed by atoms with E-state index in [-0.39, 0.29) is 63.4 Å². The Bertz CT molecular complexity index is 2090. The summed E-state index contributed by atoms with van der Waals surface area (Å²) in [7, 11) is -4.52.